The highest BCUT2D eigenvalue weighted by Crippen LogP contribution is 2.40. The summed E-state index contributed by atoms with van der Waals surface area (Å²) in [7, 11) is 0. The molecule has 5 N–H and O–H groups in total. The van der Waals surface area contributed by atoms with E-state index < -0.39 is 6.04 Å². The topological polar surface area (TPSA) is 126 Å². The van der Waals surface area contributed by atoms with Gasteiger partial charge in [-0.1, -0.05) is 0 Å². The number of nitrogens with one attached hydrogen (secondary N) is 1. The SMILES string of the molecule is NCC(N)C(=O)N1CC2(CN(C(=O)c3ccc(=O)[nH]c3)C2)C1. The number of H-pyrrole nitrogens is 1. The molecule has 3 heterocycles. The molecule has 3 rings (SSSR count). The summed E-state index contributed by atoms with van der Waals surface area (Å²) >= 11 is 0. The lowest BCUT2D eigenvalue weighted by Gasteiger charge is -2.60. The molecule has 1 aromatic rings. The van der Waals surface area contributed by atoms with Gasteiger partial charge in [-0.3, -0.25) is 14.4 Å². The minimum absolute atomic E-state index is 0.00181. The number of likely N-dealkylation sites (tertiary alicyclic amines) is 2. The largest absolute Gasteiger partial charge is 0.340 e. The van der Waals surface area contributed by atoms with Crippen LogP contribution in [0.5, 0.6) is 0 Å². The Labute approximate surface area is 127 Å². The van der Waals surface area contributed by atoms with Gasteiger partial charge < -0.3 is 26.3 Å². The van der Waals surface area contributed by atoms with Crippen LogP contribution in [0.1, 0.15) is 10.4 Å². The van der Waals surface area contributed by atoms with Crippen LogP contribution in [0.25, 0.3) is 0 Å². The predicted molar refractivity (Wildman–Crippen MR) is 79.0 cm³/mol. The molecule has 8 heteroatoms. The van der Waals surface area contributed by atoms with E-state index in [9.17, 15) is 14.4 Å². The van der Waals surface area contributed by atoms with Crippen LogP contribution in [-0.2, 0) is 4.79 Å². The van der Waals surface area contributed by atoms with E-state index in [0.29, 0.717) is 31.7 Å². The smallest absolute Gasteiger partial charge is 0.255 e. The number of carbonyl (C=O) groups is 2. The molecule has 22 heavy (non-hydrogen) atoms. The third-order valence-corrected chi connectivity index (χ3v) is 4.31. The average Bonchev–Trinajstić information content (AvgIpc) is 2.43. The number of amides is 2. The van der Waals surface area contributed by atoms with E-state index in [-0.39, 0.29) is 29.3 Å². The minimum atomic E-state index is -0.642. The third kappa shape index (κ3) is 2.40. The zero-order chi connectivity index (χ0) is 15.9. The number of aromatic amines is 1. The van der Waals surface area contributed by atoms with Crippen LogP contribution in [0.15, 0.2) is 23.1 Å². The Morgan fingerprint density at radius 3 is 2.41 bits per heavy atom. The summed E-state index contributed by atoms with van der Waals surface area (Å²) < 4.78 is 0. The van der Waals surface area contributed by atoms with E-state index in [0.717, 1.165) is 0 Å². The number of rotatable bonds is 3. The van der Waals surface area contributed by atoms with Crippen molar-refractivity contribution >= 4 is 11.8 Å². The van der Waals surface area contributed by atoms with Gasteiger partial charge in [0, 0.05) is 50.4 Å². The molecular formula is C14H19N5O3. The number of nitrogens with two attached hydrogens (primary N) is 2. The van der Waals surface area contributed by atoms with E-state index in [1.807, 2.05) is 0 Å². The van der Waals surface area contributed by atoms with Gasteiger partial charge in [0.25, 0.3) is 5.91 Å². The number of pyridine rings is 1. The molecular weight excluding hydrogens is 286 g/mol. The van der Waals surface area contributed by atoms with Crippen molar-refractivity contribution in [2.75, 3.05) is 32.7 Å². The lowest BCUT2D eigenvalue weighted by Crippen LogP contribution is -2.74. The molecule has 1 atom stereocenters. The maximum Gasteiger partial charge on any atom is 0.255 e. The summed E-state index contributed by atoms with van der Waals surface area (Å²) in [6, 6.07) is 2.21. The highest BCUT2D eigenvalue weighted by atomic mass is 16.2. The molecule has 8 nitrogen and oxygen atoms in total. The second kappa shape index (κ2) is 5.22. The van der Waals surface area contributed by atoms with Gasteiger partial charge in [0.2, 0.25) is 11.5 Å². The van der Waals surface area contributed by atoms with Gasteiger partial charge in [-0.05, 0) is 6.07 Å². The van der Waals surface area contributed by atoms with Gasteiger partial charge >= 0.3 is 0 Å². The molecule has 0 saturated carbocycles. The van der Waals surface area contributed by atoms with Gasteiger partial charge in [-0.2, -0.15) is 0 Å². The molecule has 2 fully saturated rings. The number of hydrogen-bond acceptors (Lipinski definition) is 5. The molecule has 2 aliphatic heterocycles. The Morgan fingerprint density at radius 1 is 1.23 bits per heavy atom. The van der Waals surface area contributed by atoms with E-state index in [1.165, 1.54) is 18.3 Å². The molecule has 1 spiro atoms. The first kappa shape index (κ1) is 14.7. The van der Waals surface area contributed by atoms with E-state index in [4.69, 9.17) is 11.5 Å². The lowest BCUT2D eigenvalue weighted by atomic mass is 9.72. The fourth-order valence-electron chi connectivity index (χ4n) is 3.09. The summed E-state index contributed by atoms with van der Waals surface area (Å²) in [6.45, 7) is 2.61. The van der Waals surface area contributed by atoms with E-state index in [1.54, 1.807) is 9.80 Å². The summed E-state index contributed by atoms with van der Waals surface area (Å²) in [5.41, 5.74) is 11.3. The normalized spacial score (nSPS) is 20.3. The van der Waals surface area contributed by atoms with Crippen molar-refractivity contribution in [1.82, 2.24) is 14.8 Å². The lowest BCUT2D eigenvalue weighted by molar-refractivity contribution is -0.155. The van der Waals surface area contributed by atoms with Crippen molar-refractivity contribution < 1.29 is 9.59 Å². The maximum absolute atomic E-state index is 12.2. The van der Waals surface area contributed by atoms with Crippen LogP contribution in [-0.4, -0.2) is 65.4 Å². The third-order valence-electron chi connectivity index (χ3n) is 4.31. The molecule has 118 valence electrons. The number of hydrogen-bond donors (Lipinski definition) is 3. The second-order valence-corrected chi connectivity index (χ2v) is 6.14. The van der Waals surface area contributed by atoms with Gasteiger partial charge in [-0.15, -0.1) is 0 Å². The zero-order valence-electron chi connectivity index (χ0n) is 12.1. The van der Waals surface area contributed by atoms with Crippen molar-refractivity contribution in [3.05, 3.63) is 34.2 Å². The fraction of sp³-hybridized carbons (Fsp3) is 0.500. The molecule has 2 amide bonds. The second-order valence-electron chi connectivity index (χ2n) is 6.14. The molecule has 1 aromatic heterocycles. The summed E-state index contributed by atoms with van der Waals surface area (Å²) in [4.78, 5) is 41.0. The van der Waals surface area contributed by atoms with Crippen molar-refractivity contribution in [2.45, 2.75) is 6.04 Å². The van der Waals surface area contributed by atoms with Crippen molar-refractivity contribution in [3.8, 4) is 0 Å². The quantitative estimate of drug-likeness (QED) is 0.592. The standard InChI is InChI=1S/C14H19N5O3/c15-3-10(16)13(22)19-7-14(8-19)5-18(6-14)12(21)9-1-2-11(20)17-4-9/h1-2,4,10H,3,5-8,15-16H2,(H,17,20). The molecule has 1 unspecified atom stereocenters. The first-order valence-electron chi connectivity index (χ1n) is 7.17. The predicted octanol–water partition coefficient (Wildman–Crippen LogP) is -2.05. The van der Waals surface area contributed by atoms with Gasteiger partial charge in [0.15, 0.2) is 0 Å². The van der Waals surface area contributed by atoms with Crippen molar-refractivity contribution in [3.63, 3.8) is 0 Å². The van der Waals surface area contributed by atoms with Crippen LogP contribution in [0, 0.1) is 5.41 Å². The number of nitrogens with zero attached hydrogens (tertiary/aromatic N) is 2. The zero-order valence-corrected chi connectivity index (χ0v) is 12.1. The summed E-state index contributed by atoms with van der Waals surface area (Å²) in [5, 5.41) is 0. The highest BCUT2D eigenvalue weighted by Gasteiger charge is 2.54. The highest BCUT2D eigenvalue weighted by molar-refractivity contribution is 5.94. The molecule has 0 aliphatic carbocycles. The van der Waals surface area contributed by atoms with Crippen LogP contribution in [0.2, 0.25) is 0 Å². The van der Waals surface area contributed by atoms with Gasteiger partial charge in [0.05, 0.1) is 11.6 Å². The van der Waals surface area contributed by atoms with E-state index in [2.05, 4.69) is 4.98 Å². The number of carbonyl (C=O) groups excluding carboxylic acids is 2. The Balaban J connectivity index is 1.53. The first-order valence-corrected chi connectivity index (χ1v) is 7.17. The fourth-order valence-corrected chi connectivity index (χ4v) is 3.09. The first-order chi connectivity index (χ1) is 10.4. The Bertz CT molecular complexity index is 636. The summed E-state index contributed by atoms with van der Waals surface area (Å²) in [6.07, 6.45) is 1.42. The Hall–Kier alpha value is -2.19. The monoisotopic (exact) mass is 305 g/mol. The minimum Gasteiger partial charge on any atom is -0.340 e. The van der Waals surface area contributed by atoms with Crippen molar-refractivity contribution in [2.24, 2.45) is 16.9 Å². The van der Waals surface area contributed by atoms with Crippen LogP contribution in [0.3, 0.4) is 0 Å². The van der Waals surface area contributed by atoms with Gasteiger partial charge in [-0.25, -0.2) is 0 Å². The van der Waals surface area contributed by atoms with E-state index >= 15 is 0 Å². The molecule has 2 saturated heterocycles. The number of aromatic nitrogens is 1. The summed E-state index contributed by atoms with van der Waals surface area (Å²) in [5.74, 6) is -0.233. The van der Waals surface area contributed by atoms with Crippen LogP contribution in [0.4, 0.5) is 0 Å². The van der Waals surface area contributed by atoms with Crippen molar-refractivity contribution in [1.29, 1.82) is 0 Å². The molecule has 2 aliphatic rings. The van der Waals surface area contributed by atoms with Crippen LogP contribution >= 0.6 is 0 Å². The molecule has 0 bridgehead atoms. The Morgan fingerprint density at radius 2 is 1.86 bits per heavy atom. The molecule has 0 radical (unpaired) electrons. The molecule has 0 aromatic carbocycles. The van der Waals surface area contributed by atoms with Crippen LogP contribution < -0.4 is 17.0 Å². The Kier molecular flexibility index (Phi) is 3.50. The average molecular weight is 305 g/mol. The van der Waals surface area contributed by atoms with Gasteiger partial charge in [0.1, 0.15) is 0 Å². The maximum atomic E-state index is 12.2.